The lowest BCUT2D eigenvalue weighted by Crippen LogP contribution is -2.54. The number of imide groups is 2. The molecule has 1 saturated heterocycles. The van der Waals surface area contributed by atoms with E-state index in [4.69, 9.17) is 34.8 Å². The molecule has 2 aromatic carbocycles. The van der Waals surface area contributed by atoms with Crippen LogP contribution in [0.2, 0.25) is 15.1 Å². The van der Waals surface area contributed by atoms with Gasteiger partial charge in [-0.1, -0.05) is 46.9 Å². The Kier molecular flexibility index (Phi) is 6.27. The first-order valence-electron chi connectivity index (χ1n) is 10.6. The Morgan fingerprint density at radius 2 is 1.74 bits per heavy atom. The lowest BCUT2D eigenvalue weighted by atomic mass is 9.87. The van der Waals surface area contributed by atoms with Crippen LogP contribution in [0.5, 0.6) is 0 Å². The molecule has 1 N–H and O–H groups in total. The molecule has 2 aromatic rings. The molecule has 9 heteroatoms. The quantitative estimate of drug-likeness (QED) is 0.380. The minimum absolute atomic E-state index is 0.0243. The minimum atomic E-state index is -0.910. The molecule has 2 aliphatic rings. The van der Waals surface area contributed by atoms with Crippen molar-refractivity contribution in [3.05, 3.63) is 68.2 Å². The smallest absolute Gasteiger partial charge is 0.336 e. The van der Waals surface area contributed by atoms with E-state index in [1.54, 1.807) is 6.07 Å². The highest BCUT2D eigenvalue weighted by Crippen LogP contribution is 2.42. The number of hydrogen-bond donors (Lipinski definition) is 1. The van der Waals surface area contributed by atoms with Crippen molar-refractivity contribution in [2.75, 3.05) is 16.3 Å². The normalized spacial score (nSPS) is 18.7. The number of urea groups is 1. The summed E-state index contributed by atoms with van der Waals surface area (Å²) in [6, 6.07) is 7.34. The molecule has 0 atom stereocenters. The molecule has 4 amide bonds. The van der Waals surface area contributed by atoms with Crippen molar-refractivity contribution < 1.29 is 14.4 Å². The Morgan fingerprint density at radius 3 is 2.41 bits per heavy atom. The van der Waals surface area contributed by atoms with Crippen molar-refractivity contribution in [3.63, 3.8) is 0 Å². The SMILES string of the molecule is CCN1c2cc(Cl)c(/C=C3/C(=O)NC(=O)N(c4cccc(Cl)c4Cl)C3=O)cc2C(C)=CC1(C)C. The summed E-state index contributed by atoms with van der Waals surface area (Å²) in [7, 11) is 0. The highest BCUT2D eigenvalue weighted by atomic mass is 35.5. The average Bonchev–Trinajstić information content (AvgIpc) is 2.74. The Bertz CT molecular complexity index is 1310. The van der Waals surface area contributed by atoms with Crippen LogP contribution < -0.4 is 15.1 Å². The molecule has 0 spiro atoms. The number of likely N-dealkylation sites (N-methyl/N-ethyl adjacent to an activating group) is 1. The Balaban J connectivity index is 1.82. The number of anilines is 2. The highest BCUT2D eigenvalue weighted by molar-refractivity contribution is 6.46. The molecule has 176 valence electrons. The molecule has 6 nitrogen and oxygen atoms in total. The Morgan fingerprint density at radius 1 is 1.03 bits per heavy atom. The van der Waals surface area contributed by atoms with E-state index in [1.807, 2.05) is 19.1 Å². The summed E-state index contributed by atoms with van der Waals surface area (Å²) in [5.41, 5.74) is 3.10. The van der Waals surface area contributed by atoms with E-state index in [0.29, 0.717) is 10.6 Å². The molecule has 0 aliphatic carbocycles. The van der Waals surface area contributed by atoms with Gasteiger partial charge in [-0.05, 0) is 69.2 Å². The van der Waals surface area contributed by atoms with Crippen LogP contribution in [0.15, 0.2) is 42.0 Å². The van der Waals surface area contributed by atoms with Gasteiger partial charge in [0.25, 0.3) is 11.8 Å². The molecule has 2 heterocycles. The molecule has 1 fully saturated rings. The Hall–Kier alpha value is -2.80. The van der Waals surface area contributed by atoms with Crippen molar-refractivity contribution >= 4 is 75.7 Å². The standard InChI is InChI=1S/C25H22Cl3N3O3/c1-5-30-20-11-18(27)14(9-15(20)13(2)12-25(30,3)4)10-16-22(32)29-24(34)31(23(16)33)19-8-6-7-17(26)21(19)28/h6-12H,5H2,1-4H3,(H,29,32,34)/b16-10-. The first-order valence-corrected chi connectivity index (χ1v) is 11.8. The van der Waals surface area contributed by atoms with Crippen molar-refractivity contribution in [2.45, 2.75) is 33.2 Å². The van der Waals surface area contributed by atoms with Gasteiger partial charge in [0.1, 0.15) is 5.57 Å². The van der Waals surface area contributed by atoms with E-state index in [-0.39, 0.29) is 26.8 Å². The fourth-order valence-corrected chi connectivity index (χ4v) is 5.09. The lowest BCUT2D eigenvalue weighted by molar-refractivity contribution is -0.122. The maximum absolute atomic E-state index is 13.3. The second-order valence-electron chi connectivity index (χ2n) is 8.65. The number of fused-ring (bicyclic) bond motifs is 1. The zero-order chi connectivity index (χ0) is 24.9. The first kappa shape index (κ1) is 24.3. The molecular formula is C25H22Cl3N3O3. The lowest BCUT2D eigenvalue weighted by Gasteiger charge is -2.43. The molecule has 4 rings (SSSR count). The minimum Gasteiger partial charge on any atom is -0.363 e. The van der Waals surface area contributed by atoms with Crippen LogP contribution in [0.3, 0.4) is 0 Å². The van der Waals surface area contributed by atoms with Gasteiger partial charge in [0.05, 0.1) is 21.3 Å². The fraction of sp³-hybridized carbons (Fsp3) is 0.240. The zero-order valence-electron chi connectivity index (χ0n) is 19.0. The van der Waals surface area contributed by atoms with Crippen molar-refractivity contribution in [3.8, 4) is 0 Å². The zero-order valence-corrected chi connectivity index (χ0v) is 21.3. The van der Waals surface area contributed by atoms with Crippen LogP contribution in [0.4, 0.5) is 16.2 Å². The molecule has 0 aromatic heterocycles. The predicted octanol–water partition coefficient (Wildman–Crippen LogP) is 6.34. The summed E-state index contributed by atoms with van der Waals surface area (Å²) >= 11 is 18.9. The summed E-state index contributed by atoms with van der Waals surface area (Å²) in [6.45, 7) is 9.12. The van der Waals surface area contributed by atoms with Gasteiger partial charge in [-0.3, -0.25) is 14.9 Å². The number of hydrogen-bond acceptors (Lipinski definition) is 4. The molecular weight excluding hydrogens is 497 g/mol. The number of nitrogens with one attached hydrogen (secondary N) is 1. The van der Waals surface area contributed by atoms with Crippen LogP contribution in [-0.2, 0) is 9.59 Å². The molecule has 0 bridgehead atoms. The number of allylic oxidation sites excluding steroid dienone is 1. The third-order valence-corrected chi connectivity index (χ3v) is 7.12. The summed E-state index contributed by atoms with van der Waals surface area (Å²) in [4.78, 5) is 41.4. The second kappa shape index (κ2) is 8.77. The van der Waals surface area contributed by atoms with Gasteiger partial charge in [-0.25, -0.2) is 9.69 Å². The molecule has 34 heavy (non-hydrogen) atoms. The molecule has 0 unspecified atom stereocenters. The largest absolute Gasteiger partial charge is 0.363 e. The van der Waals surface area contributed by atoms with E-state index >= 15 is 0 Å². The van der Waals surface area contributed by atoms with Gasteiger partial charge in [0, 0.05) is 22.8 Å². The van der Waals surface area contributed by atoms with Crippen LogP contribution in [0.1, 0.15) is 38.8 Å². The van der Waals surface area contributed by atoms with Gasteiger partial charge in [0.2, 0.25) is 0 Å². The monoisotopic (exact) mass is 517 g/mol. The van der Waals surface area contributed by atoms with Gasteiger partial charge in [0.15, 0.2) is 0 Å². The summed E-state index contributed by atoms with van der Waals surface area (Å²) < 4.78 is 0. The summed E-state index contributed by atoms with van der Waals surface area (Å²) in [6.07, 6.45) is 3.56. The van der Waals surface area contributed by atoms with Crippen molar-refractivity contribution in [1.29, 1.82) is 0 Å². The number of halogens is 3. The fourth-order valence-electron chi connectivity index (χ4n) is 4.50. The van der Waals surface area contributed by atoms with Crippen molar-refractivity contribution in [1.82, 2.24) is 5.32 Å². The average molecular weight is 519 g/mol. The van der Waals surface area contributed by atoms with Crippen LogP contribution in [0.25, 0.3) is 11.6 Å². The number of rotatable bonds is 3. The molecule has 2 aliphatic heterocycles. The second-order valence-corrected chi connectivity index (χ2v) is 9.84. The van der Waals surface area contributed by atoms with Crippen molar-refractivity contribution in [2.24, 2.45) is 0 Å². The molecule has 0 saturated carbocycles. The highest BCUT2D eigenvalue weighted by Gasteiger charge is 2.38. The first-order chi connectivity index (χ1) is 16.0. The third kappa shape index (κ3) is 4.00. The van der Waals surface area contributed by atoms with Crippen LogP contribution in [0, 0.1) is 0 Å². The van der Waals surface area contributed by atoms with E-state index in [9.17, 15) is 14.4 Å². The maximum atomic E-state index is 13.3. The molecule has 0 radical (unpaired) electrons. The van der Waals surface area contributed by atoms with Crippen LogP contribution in [-0.4, -0.2) is 29.9 Å². The van der Waals surface area contributed by atoms with E-state index < -0.39 is 17.8 Å². The number of benzene rings is 2. The van der Waals surface area contributed by atoms with Gasteiger partial charge in [-0.15, -0.1) is 0 Å². The van der Waals surface area contributed by atoms with Crippen LogP contribution >= 0.6 is 34.8 Å². The summed E-state index contributed by atoms with van der Waals surface area (Å²) in [5.74, 6) is -1.64. The van der Waals surface area contributed by atoms with E-state index in [0.717, 1.165) is 28.3 Å². The number of carbonyl (C=O) groups excluding carboxylic acids is 3. The predicted molar refractivity (Wildman–Crippen MR) is 138 cm³/mol. The van der Waals surface area contributed by atoms with E-state index in [1.165, 1.54) is 18.2 Å². The number of carbonyl (C=O) groups is 3. The summed E-state index contributed by atoms with van der Waals surface area (Å²) in [5, 5.41) is 2.76. The maximum Gasteiger partial charge on any atom is 0.336 e. The topological polar surface area (TPSA) is 69.7 Å². The number of nitrogens with zero attached hydrogens (tertiary/aromatic N) is 2. The van der Waals surface area contributed by atoms with Gasteiger partial charge >= 0.3 is 6.03 Å². The third-order valence-electron chi connectivity index (χ3n) is 5.99. The number of barbiturate groups is 1. The van der Waals surface area contributed by atoms with Gasteiger partial charge in [-0.2, -0.15) is 0 Å². The van der Waals surface area contributed by atoms with E-state index in [2.05, 4.69) is 37.1 Å². The van der Waals surface area contributed by atoms with Gasteiger partial charge < -0.3 is 4.90 Å². The Labute approximate surface area is 212 Å². The number of amides is 4.